The van der Waals surface area contributed by atoms with Crippen molar-refractivity contribution in [3.8, 4) is 0 Å². The Bertz CT molecular complexity index is 744. The summed E-state index contributed by atoms with van der Waals surface area (Å²) in [5, 5.41) is 3.74. The Balaban J connectivity index is 2.15. The van der Waals surface area contributed by atoms with Gasteiger partial charge < -0.3 is 0 Å². The molecule has 114 valence electrons. The van der Waals surface area contributed by atoms with E-state index in [0.29, 0.717) is 10.8 Å². The summed E-state index contributed by atoms with van der Waals surface area (Å²) in [7, 11) is -2.40. The Kier molecular flexibility index (Phi) is 4.48. The number of amides is 1. The summed E-state index contributed by atoms with van der Waals surface area (Å²) < 4.78 is 27.5. The number of hydrogen-bond donors (Lipinski definition) is 1. The van der Waals surface area contributed by atoms with Crippen LogP contribution in [0.25, 0.3) is 0 Å². The first kappa shape index (κ1) is 15.7. The van der Waals surface area contributed by atoms with Gasteiger partial charge in [0, 0.05) is 11.9 Å². The normalized spacial score (nSPS) is 11.8. The zero-order valence-electron chi connectivity index (χ0n) is 12.0. The molecule has 0 atom stereocenters. The Hall–Kier alpha value is -1.67. The van der Waals surface area contributed by atoms with Crippen molar-refractivity contribution < 1.29 is 13.2 Å². The van der Waals surface area contributed by atoms with Gasteiger partial charge in [0.05, 0.1) is 11.1 Å². The van der Waals surface area contributed by atoms with E-state index < -0.39 is 15.9 Å². The van der Waals surface area contributed by atoms with Gasteiger partial charge in [-0.15, -0.1) is 11.3 Å². The van der Waals surface area contributed by atoms with Gasteiger partial charge in [0.15, 0.2) is 5.03 Å². The van der Waals surface area contributed by atoms with E-state index in [4.69, 9.17) is 0 Å². The Labute approximate surface area is 127 Å². The second kappa shape index (κ2) is 5.98. The fourth-order valence-electron chi connectivity index (χ4n) is 1.86. The van der Waals surface area contributed by atoms with Crippen molar-refractivity contribution >= 4 is 27.3 Å². The second-order valence-corrected chi connectivity index (χ2v) is 7.89. The molecular weight excluding hydrogens is 310 g/mol. The Morgan fingerprint density at radius 2 is 2.10 bits per heavy atom. The number of carbonyl (C=O) groups is 1. The largest absolute Gasteiger partial charge is 0.281 e. The van der Waals surface area contributed by atoms with E-state index in [1.165, 1.54) is 35.3 Å². The number of sulfonamides is 1. The smallest absolute Gasteiger partial charge is 0.267 e. The molecule has 1 N–H and O–H groups in total. The van der Waals surface area contributed by atoms with Crippen molar-refractivity contribution in [1.29, 1.82) is 0 Å². The van der Waals surface area contributed by atoms with Crippen LogP contribution >= 0.6 is 11.3 Å². The molecule has 0 saturated carbocycles. The summed E-state index contributed by atoms with van der Waals surface area (Å²) in [4.78, 5) is 13.5. The SMILES string of the molecule is CC(C)Cc1ccc(C(=O)NS(=O)(=O)c2ccnn2C)s1. The number of aryl methyl sites for hydroxylation is 1. The van der Waals surface area contributed by atoms with Gasteiger partial charge in [-0.2, -0.15) is 13.5 Å². The zero-order chi connectivity index (χ0) is 15.6. The van der Waals surface area contributed by atoms with Crippen molar-refractivity contribution in [2.75, 3.05) is 0 Å². The second-order valence-electron chi connectivity index (χ2n) is 5.09. The minimum absolute atomic E-state index is 0.0465. The van der Waals surface area contributed by atoms with Gasteiger partial charge in [-0.1, -0.05) is 13.8 Å². The van der Waals surface area contributed by atoms with Gasteiger partial charge in [-0.25, -0.2) is 4.72 Å². The lowest BCUT2D eigenvalue weighted by molar-refractivity contribution is 0.0985. The van der Waals surface area contributed by atoms with E-state index in [1.54, 1.807) is 6.07 Å². The van der Waals surface area contributed by atoms with E-state index in [9.17, 15) is 13.2 Å². The van der Waals surface area contributed by atoms with Crippen molar-refractivity contribution in [3.63, 3.8) is 0 Å². The first-order valence-electron chi connectivity index (χ1n) is 6.43. The molecular formula is C13H17N3O3S2. The highest BCUT2D eigenvalue weighted by atomic mass is 32.2. The third kappa shape index (κ3) is 3.70. The Morgan fingerprint density at radius 1 is 1.38 bits per heavy atom. The van der Waals surface area contributed by atoms with Gasteiger partial charge in [-0.3, -0.25) is 9.48 Å². The molecule has 0 bridgehead atoms. The topological polar surface area (TPSA) is 81.1 Å². The average Bonchev–Trinajstić information content (AvgIpc) is 2.96. The molecule has 6 nitrogen and oxygen atoms in total. The summed E-state index contributed by atoms with van der Waals surface area (Å²) in [5.41, 5.74) is 0. The maximum atomic E-state index is 12.1. The van der Waals surface area contributed by atoms with Crippen LogP contribution in [0, 0.1) is 5.92 Å². The molecule has 2 rings (SSSR count). The molecule has 0 aliphatic carbocycles. The number of aromatic nitrogens is 2. The molecule has 8 heteroatoms. The predicted octanol–water partition coefficient (Wildman–Crippen LogP) is 1.80. The van der Waals surface area contributed by atoms with Gasteiger partial charge >= 0.3 is 0 Å². The molecule has 2 aromatic heterocycles. The van der Waals surface area contributed by atoms with E-state index in [2.05, 4.69) is 23.7 Å². The molecule has 0 aromatic carbocycles. The molecule has 0 fully saturated rings. The van der Waals surface area contributed by atoms with Crippen molar-refractivity contribution in [2.45, 2.75) is 25.3 Å². The van der Waals surface area contributed by atoms with Crippen LogP contribution in [-0.4, -0.2) is 24.1 Å². The molecule has 21 heavy (non-hydrogen) atoms. The number of hydrogen-bond acceptors (Lipinski definition) is 5. The molecule has 2 aromatic rings. The average molecular weight is 327 g/mol. The van der Waals surface area contributed by atoms with Crippen LogP contribution in [0.15, 0.2) is 29.4 Å². The number of nitrogens with one attached hydrogen (secondary N) is 1. The quantitative estimate of drug-likeness (QED) is 0.908. The monoisotopic (exact) mass is 327 g/mol. The van der Waals surface area contributed by atoms with E-state index in [1.807, 2.05) is 6.07 Å². The lowest BCUT2D eigenvalue weighted by atomic mass is 10.1. The minimum atomic E-state index is -3.90. The molecule has 0 spiro atoms. The summed E-state index contributed by atoms with van der Waals surface area (Å²) in [6.45, 7) is 4.18. The lowest BCUT2D eigenvalue weighted by Crippen LogP contribution is -2.31. The number of rotatable bonds is 5. The van der Waals surface area contributed by atoms with Crippen molar-refractivity contribution in [1.82, 2.24) is 14.5 Å². The van der Waals surface area contributed by atoms with Gasteiger partial charge in [0.2, 0.25) is 0 Å². The van der Waals surface area contributed by atoms with Crippen molar-refractivity contribution in [2.24, 2.45) is 13.0 Å². The standard InChI is InChI=1S/C13H17N3O3S2/c1-9(2)8-10-4-5-11(20-10)13(17)15-21(18,19)12-6-7-14-16(12)3/h4-7,9H,8H2,1-3H3,(H,15,17). The van der Waals surface area contributed by atoms with E-state index in [-0.39, 0.29) is 5.03 Å². The van der Waals surface area contributed by atoms with Gasteiger partial charge in [0.1, 0.15) is 0 Å². The number of thiophene rings is 1. The Morgan fingerprint density at radius 3 is 2.67 bits per heavy atom. The van der Waals surface area contributed by atoms with Gasteiger partial charge in [-0.05, 0) is 30.5 Å². The highest BCUT2D eigenvalue weighted by molar-refractivity contribution is 7.90. The van der Waals surface area contributed by atoms with Crippen LogP contribution in [0.4, 0.5) is 0 Å². The van der Waals surface area contributed by atoms with Crippen LogP contribution in [0.1, 0.15) is 28.4 Å². The summed E-state index contributed by atoms with van der Waals surface area (Å²) in [6, 6.07) is 4.85. The number of carbonyl (C=O) groups excluding carboxylic acids is 1. The van der Waals surface area contributed by atoms with Crippen LogP contribution in [0.5, 0.6) is 0 Å². The molecule has 0 aliphatic heterocycles. The van der Waals surface area contributed by atoms with Crippen molar-refractivity contribution in [3.05, 3.63) is 34.2 Å². The summed E-state index contributed by atoms with van der Waals surface area (Å²) in [6.07, 6.45) is 2.23. The minimum Gasteiger partial charge on any atom is -0.267 e. The molecule has 0 saturated heterocycles. The highest BCUT2D eigenvalue weighted by Gasteiger charge is 2.22. The first-order chi connectivity index (χ1) is 9.79. The van der Waals surface area contributed by atoms with Crippen LogP contribution in [0.3, 0.4) is 0 Å². The van der Waals surface area contributed by atoms with Crippen LogP contribution in [-0.2, 0) is 23.5 Å². The maximum Gasteiger partial charge on any atom is 0.281 e. The highest BCUT2D eigenvalue weighted by Crippen LogP contribution is 2.20. The zero-order valence-corrected chi connectivity index (χ0v) is 13.7. The van der Waals surface area contributed by atoms with Crippen LogP contribution < -0.4 is 4.72 Å². The third-order valence-electron chi connectivity index (χ3n) is 2.77. The van der Waals surface area contributed by atoms with E-state index in [0.717, 1.165) is 11.3 Å². The third-order valence-corrected chi connectivity index (χ3v) is 5.28. The molecule has 1 amide bonds. The van der Waals surface area contributed by atoms with Gasteiger partial charge in [0.25, 0.3) is 15.9 Å². The molecule has 0 unspecified atom stereocenters. The maximum absolute atomic E-state index is 12.1. The molecule has 0 aliphatic rings. The summed E-state index contributed by atoms with van der Waals surface area (Å²) >= 11 is 1.31. The number of nitrogens with zero attached hydrogens (tertiary/aromatic N) is 2. The van der Waals surface area contributed by atoms with Crippen LogP contribution in [0.2, 0.25) is 0 Å². The molecule has 0 radical (unpaired) electrons. The summed E-state index contributed by atoms with van der Waals surface area (Å²) in [5.74, 6) is -0.131. The lowest BCUT2D eigenvalue weighted by Gasteiger charge is -2.05. The fourth-order valence-corrected chi connectivity index (χ4v) is 4.14. The van der Waals surface area contributed by atoms with E-state index >= 15 is 0 Å². The predicted molar refractivity (Wildman–Crippen MR) is 80.7 cm³/mol. The molecule has 2 heterocycles. The fraction of sp³-hybridized carbons (Fsp3) is 0.385. The first-order valence-corrected chi connectivity index (χ1v) is 8.73.